The molecule has 1 atom stereocenters. The second kappa shape index (κ2) is 8.28. The number of benzene rings is 1. The molecule has 3 aromatic rings. The quantitative estimate of drug-likeness (QED) is 0.458. The third kappa shape index (κ3) is 3.93. The van der Waals surface area contributed by atoms with Crippen LogP contribution in [0.15, 0.2) is 45.6 Å². The van der Waals surface area contributed by atoms with Crippen LogP contribution in [0.1, 0.15) is 45.1 Å². The lowest BCUT2D eigenvalue weighted by atomic mass is 10.1. The van der Waals surface area contributed by atoms with Crippen molar-refractivity contribution in [3.8, 4) is 0 Å². The van der Waals surface area contributed by atoms with Crippen molar-refractivity contribution in [3.63, 3.8) is 0 Å². The monoisotopic (exact) mass is 409 g/mol. The van der Waals surface area contributed by atoms with Crippen LogP contribution < -0.4 is 5.43 Å². The molecule has 0 saturated carbocycles. The first kappa shape index (κ1) is 20.1. The summed E-state index contributed by atoms with van der Waals surface area (Å²) in [6, 6.07) is 9.52. The number of para-hydroxylation sites is 1. The van der Waals surface area contributed by atoms with Crippen LogP contribution >= 0.6 is 0 Å². The number of carbonyl (C=O) groups is 2. The van der Waals surface area contributed by atoms with Crippen molar-refractivity contribution >= 4 is 22.7 Å². The molecule has 0 amide bonds. The van der Waals surface area contributed by atoms with Gasteiger partial charge in [-0.1, -0.05) is 12.1 Å². The minimum atomic E-state index is -0.848. The molecule has 3 heterocycles. The SMILES string of the molecule is Cc1cc(C(=O)COC(=O)c2cc(=O)c3ccccc3o2)c(C)n1C[C@@H]1CCCO1. The van der Waals surface area contributed by atoms with Crippen molar-refractivity contribution in [2.24, 2.45) is 0 Å². The minimum absolute atomic E-state index is 0.159. The van der Waals surface area contributed by atoms with Gasteiger partial charge in [-0.15, -0.1) is 0 Å². The molecule has 0 bridgehead atoms. The maximum Gasteiger partial charge on any atom is 0.374 e. The van der Waals surface area contributed by atoms with Crippen molar-refractivity contribution in [3.05, 3.63) is 69.3 Å². The van der Waals surface area contributed by atoms with Gasteiger partial charge in [0.25, 0.3) is 0 Å². The van der Waals surface area contributed by atoms with Crippen LogP contribution in [-0.4, -0.2) is 35.6 Å². The third-order valence-electron chi connectivity index (χ3n) is 5.45. The Kier molecular flexibility index (Phi) is 5.55. The highest BCUT2D eigenvalue weighted by Crippen LogP contribution is 2.21. The Morgan fingerprint density at radius 1 is 1.20 bits per heavy atom. The van der Waals surface area contributed by atoms with E-state index in [1.54, 1.807) is 30.3 Å². The van der Waals surface area contributed by atoms with Crippen molar-refractivity contribution in [1.82, 2.24) is 4.57 Å². The fourth-order valence-corrected chi connectivity index (χ4v) is 3.84. The summed E-state index contributed by atoms with van der Waals surface area (Å²) in [5, 5.41) is 0.379. The van der Waals surface area contributed by atoms with Gasteiger partial charge in [0.15, 0.2) is 12.0 Å². The highest BCUT2D eigenvalue weighted by molar-refractivity contribution is 6.00. The van der Waals surface area contributed by atoms with Gasteiger partial charge in [-0.2, -0.15) is 0 Å². The molecule has 0 unspecified atom stereocenters. The van der Waals surface area contributed by atoms with Crippen LogP contribution in [0.3, 0.4) is 0 Å². The zero-order valence-corrected chi connectivity index (χ0v) is 17.0. The lowest BCUT2D eigenvalue weighted by Crippen LogP contribution is -2.18. The molecule has 156 valence electrons. The van der Waals surface area contributed by atoms with Gasteiger partial charge in [-0.3, -0.25) is 9.59 Å². The molecular weight excluding hydrogens is 386 g/mol. The van der Waals surface area contributed by atoms with Crippen LogP contribution in [0.4, 0.5) is 0 Å². The predicted octanol–water partition coefficient (Wildman–Crippen LogP) is 3.43. The van der Waals surface area contributed by atoms with Gasteiger partial charge < -0.3 is 18.5 Å². The van der Waals surface area contributed by atoms with E-state index in [4.69, 9.17) is 13.9 Å². The molecule has 1 fully saturated rings. The summed E-state index contributed by atoms with van der Waals surface area (Å²) in [5.74, 6) is -1.38. The van der Waals surface area contributed by atoms with Gasteiger partial charge in [0.1, 0.15) is 5.58 Å². The molecule has 30 heavy (non-hydrogen) atoms. The molecule has 0 aliphatic carbocycles. The van der Waals surface area contributed by atoms with Gasteiger partial charge in [0.05, 0.1) is 11.5 Å². The van der Waals surface area contributed by atoms with E-state index in [2.05, 4.69) is 4.57 Å². The summed E-state index contributed by atoms with van der Waals surface area (Å²) in [5.41, 5.74) is 2.24. The van der Waals surface area contributed by atoms with Crippen molar-refractivity contribution in [2.75, 3.05) is 13.2 Å². The Morgan fingerprint density at radius 2 is 2.00 bits per heavy atom. The smallest absolute Gasteiger partial charge is 0.374 e. The lowest BCUT2D eigenvalue weighted by Gasteiger charge is -2.14. The summed E-state index contributed by atoms with van der Waals surface area (Å²) < 4.78 is 18.3. The number of aryl methyl sites for hydroxylation is 1. The first-order valence-electron chi connectivity index (χ1n) is 9.95. The number of esters is 1. The Balaban J connectivity index is 1.46. The van der Waals surface area contributed by atoms with E-state index in [0.717, 1.165) is 36.9 Å². The number of rotatable bonds is 6. The predicted molar refractivity (Wildman–Crippen MR) is 110 cm³/mol. The molecule has 1 saturated heterocycles. The molecule has 7 nitrogen and oxygen atoms in total. The molecule has 1 aliphatic heterocycles. The maximum atomic E-state index is 12.7. The zero-order valence-electron chi connectivity index (χ0n) is 17.0. The highest BCUT2D eigenvalue weighted by atomic mass is 16.5. The summed E-state index contributed by atoms with van der Waals surface area (Å²) in [6.45, 7) is 4.86. The second-order valence-corrected chi connectivity index (χ2v) is 7.50. The molecule has 0 spiro atoms. The van der Waals surface area contributed by atoms with E-state index in [1.165, 1.54) is 0 Å². The number of ether oxygens (including phenoxy) is 2. The summed E-state index contributed by atoms with van der Waals surface area (Å²) >= 11 is 0. The summed E-state index contributed by atoms with van der Waals surface area (Å²) in [4.78, 5) is 37.1. The number of carbonyl (C=O) groups excluding carboxylic acids is 2. The molecule has 1 aliphatic rings. The molecule has 4 rings (SSSR count). The normalized spacial score (nSPS) is 16.1. The molecular formula is C23H23NO6. The van der Waals surface area contributed by atoms with Gasteiger partial charge in [-0.05, 0) is 44.9 Å². The Hall–Kier alpha value is -3.19. The van der Waals surface area contributed by atoms with Gasteiger partial charge in [0, 0.05) is 36.2 Å². The van der Waals surface area contributed by atoms with E-state index < -0.39 is 12.6 Å². The number of hydrogen-bond donors (Lipinski definition) is 0. The summed E-state index contributed by atoms with van der Waals surface area (Å²) in [7, 11) is 0. The van der Waals surface area contributed by atoms with E-state index in [0.29, 0.717) is 23.1 Å². The third-order valence-corrected chi connectivity index (χ3v) is 5.45. The van der Waals surface area contributed by atoms with Crippen LogP contribution in [0.2, 0.25) is 0 Å². The zero-order chi connectivity index (χ0) is 21.3. The average molecular weight is 409 g/mol. The van der Waals surface area contributed by atoms with Gasteiger partial charge >= 0.3 is 5.97 Å². The molecule has 2 aromatic heterocycles. The van der Waals surface area contributed by atoms with Crippen LogP contribution in [-0.2, 0) is 16.0 Å². The summed E-state index contributed by atoms with van der Waals surface area (Å²) in [6.07, 6.45) is 2.22. The number of aromatic nitrogens is 1. The molecule has 7 heteroatoms. The standard InChI is InChI=1S/C23H23NO6/c1-14-10-18(15(2)24(14)12-16-6-5-9-28-16)20(26)13-29-23(27)22-11-19(25)17-7-3-4-8-21(17)30-22/h3-4,7-8,10-11,16H,5-6,9,12-13H2,1-2H3/t16-/m0/s1. The largest absolute Gasteiger partial charge is 0.451 e. The van der Waals surface area contributed by atoms with E-state index in [1.807, 2.05) is 13.8 Å². The first-order chi connectivity index (χ1) is 14.4. The number of ketones is 1. The highest BCUT2D eigenvalue weighted by Gasteiger charge is 2.22. The average Bonchev–Trinajstić information content (AvgIpc) is 3.35. The fraction of sp³-hybridized carbons (Fsp3) is 0.348. The van der Waals surface area contributed by atoms with Crippen LogP contribution in [0, 0.1) is 13.8 Å². The number of hydrogen-bond acceptors (Lipinski definition) is 6. The maximum absolute atomic E-state index is 12.7. The Bertz CT molecular complexity index is 1170. The van der Waals surface area contributed by atoms with E-state index >= 15 is 0 Å². The fourth-order valence-electron chi connectivity index (χ4n) is 3.84. The van der Waals surface area contributed by atoms with E-state index in [9.17, 15) is 14.4 Å². The second-order valence-electron chi connectivity index (χ2n) is 7.50. The number of nitrogens with zero attached hydrogens (tertiary/aromatic N) is 1. The van der Waals surface area contributed by atoms with Gasteiger partial charge in [-0.25, -0.2) is 4.79 Å². The van der Waals surface area contributed by atoms with Crippen LogP contribution in [0.5, 0.6) is 0 Å². The number of Topliss-reactive ketones (excluding diaryl/α,β-unsaturated/α-hetero) is 1. The van der Waals surface area contributed by atoms with Crippen LogP contribution in [0.25, 0.3) is 11.0 Å². The number of fused-ring (bicyclic) bond motifs is 1. The van der Waals surface area contributed by atoms with E-state index in [-0.39, 0.29) is 23.1 Å². The topological polar surface area (TPSA) is 87.7 Å². The Labute approximate surface area is 173 Å². The molecule has 0 radical (unpaired) electrons. The van der Waals surface area contributed by atoms with Crippen molar-refractivity contribution in [2.45, 2.75) is 39.3 Å². The van der Waals surface area contributed by atoms with Crippen molar-refractivity contribution in [1.29, 1.82) is 0 Å². The Morgan fingerprint density at radius 3 is 2.77 bits per heavy atom. The first-order valence-corrected chi connectivity index (χ1v) is 9.95. The van der Waals surface area contributed by atoms with Crippen molar-refractivity contribution < 1.29 is 23.5 Å². The van der Waals surface area contributed by atoms with Gasteiger partial charge in [0.2, 0.25) is 11.5 Å². The minimum Gasteiger partial charge on any atom is -0.451 e. The lowest BCUT2D eigenvalue weighted by molar-refractivity contribution is 0.0444. The molecule has 1 aromatic carbocycles. The molecule has 0 N–H and O–H groups in total.